The molecule has 9 nitrogen and oxygen atoms in total. The number of carbonyl (C=O) groups excluding carboxylic acids is 1. The number of aromatic nitrogens is 2. The van der Waals surface area contributed by atoms with Crippen LogP contribution in [0.4, 0.5) is 25.3 Å². The average molecular weight is 411 g/mol. The third-order valence-electron chi connectivity index (χ3n) is 4.30. The first-order valence-electron chi connectivity index (χ1n) is 9.03. The quantitative estimate of drug-likeness (QED) is 0.485. The Morgan fingerprint density at radius 2 is 2.07 bits per heavy atom. The Morgan fingerprint density at radius 1 is 1.45 bits per heavy atom. The maximum absolute atomic E-state index is 12.6. The first kappa shape index (κ1) is 22.3. The highest BCUT2D eigenvalue weighted by atomic mass is 19.3. The molecule has 1 aromatic heterocycles. The minimum absolute atomic E-state index is 0.0364. The Morgan fingerprint density at radius 3 is 2.59 bits per heavy atom. The van der Waals surface area contributed by atoms with Crippen LogP contribution in [0.25, 0.3) is 5.57 Å². The molecule has 0 aliphatic carbocycles. The van der Waals surface area contributed by atoms with Gasteiger partial charge in [-0.05, 0) is 27.7 Å². The predicted molar refractivity (Wildman–Crippen MR) is 107 cm³/mol. The second-order valence-electron chi connectivity index (χ2n) is 7.75. The van der Waals surface area contributed by atoms with Crippen LogP contribution in [-0.4, -0.2) is 65.5 Å². The maximum atomic E-state index is 12.6. The molecule has 0 aromatic carbocycles. The number of nitrogens with two attached hydrogens (primary N) is 1. The van der Waals surface area contributed by atoms with Gasteiger partial charge in [-0.25, -0.2) is 9.78 Å². The molecule has 1 aromatic rings. The Balaban J connectivity index is 2.14. The number of ether oxygens (including phenoxy) is 1. The summed E-state index contributed by atoms with van der Waals surface area (Å²) in [6.45, 7) is 5.08. The molecule has 0 saturated carbocycles. The zero-order valence-electron chi connectivity index (χ0n) is 17.2. The summed E-state index contributed by atoms with van der Waals surface area (Å²) in [5, 5.41) is 9.51. The van der Waals surface area contributed by atoms with E-state index in [0.717, 1.165) is 6.21 Å². The molecule has 2 rings (SSSR count). The Labute approximate surface area is 168 Å². The van der Waals surface area contributed by atoms with Gasteiger partial charge in [-0.3, -0.25) is 0 Å². The molecule has 29 heavy (non-hydrogen) atoms. The first-order valence-corrected chi connectivity index (χ1v) is 9.03. The number of hydrogen-bond donors (Lipinski definition) is 3. The minimum Gasteiger partial charge on any atom is -0.444 e. The van der Waals surface area contributed by atoms with Crippen molar-refractivity contribution in [1.82, 2.24) is 20.2 Å². The number of alkyl halides is 2. The van der Waals surface area contributed by atoms with Crippen LogP contribution in [0.15, 0.2) is 11.8 Å². The van der Waals surface area contributed by atoms with Gasteiger partial charge in [-0.2, -0.15) is 13.8 Å². The van der Waals surface area contributed by atoms with E-state index in [0.29, 0.717) is 18.9 Å². The zero-order chi connectivity index (χ0) is 21.9. The summed E-state index contributed by atoms with van der Waals surface area (Å²) >= 11 is 0. The number of allylic oxidation sites excluding steroid dienone is 2. The number of anilines is 2. The van der Waals surface area contributed by atoms with Crippen LogP contribution in [0.3, 0.4) is 0 Å². The molecule has 0 radical (unpaired) electrons. The van der Waals surface area contributed by atoms with Gasteiger partial charge in [0.25, 0.3) is 0 Å². The van der Waals surface area contributed by atoms with Crippen LogP contribution in [0.5, 0.6) is 0 Å². The minimum atomic E-state index is -2.76. The van der Waals surface area contributed by atoms with Crippen molar-refractivity contribution in [1.29, 1.82) is 5.41 Å². The van der Waals surface area contributed by atoms with E-state index in [1.807, 2.05) is 10.2 Å². The number of hydrogen-bond acceptors (Lipinski definition) is 8. The number of nitrogen functional groups attached to an aromatic ring is 1. The summed E-state index contributed by atoms with van der Waals surface area (Å²) in [7, 11) is 1.67. The predicted octanol–water partition coefficient (Wildman–Crippen LogP) is 2.31. The van der Waals surface area contributed by atoms with E-state index in [4.69, 9.17) is 15.9 Å². The molecule has 11 heteroatoms. The third-order valence-corrected chi connectivity index (χ3v) is 4.30. The standard InChI is InChI=1S/C18H27F2N7O2/c1-10(23-15(19)20)12(7-21)13-6-14(25-16(22)24-13)27-8-11(9-27)26(5)17(28)29-18(2,3)4/h6-7,11,15,21,23H,8-9H2,1-5H3,(H2,22,24,25)/b12-10+,21-7?. The molecule has 0 spiro atoms. The zero-order valence-corrected chi connectivity index (χ0v) is 17.2. The van der Waals surface area contributed by atoms with Crippen LogP contribution < -0.4 is 16.0 Å². The van der Waals surface area contributed by atoms with E-state index in [9.17, 15) is 13.6 Å². The lowest BCUT2D eigenvalue weighted by atomic mass is 10.1. The third kappa shape index (κ3) is 5.75. The van der Waals surface area contributed by atoms with Gasteiger partial charge in [0.1, 0.15) is 11.4 Å². The van der Waals surface area contributed by atoms with Crippen molar-refractivity contribution in [2.75, 3.05) is 30.8 Å². The molecule has 1 aliphatic heterocycles. The fourth-order valence-corrected chi connectivity index (χ4v) is 2.74. The summed E-state index contributed by atoms with van der Waals surface area (Å²) < 4.78 is 30.6. The van der Waals surface area contributed by atoms with Gasteiger partial charge in [0, 0.05) is 43.7 Å². The number of carbonyl (C=O) groups is 1. The number of rotatable bonds is 6. The molecule has 1 fully saturated rings. The summed E-state index contributed by atoms with van der Waals surface area (Å²) in [4.78, 5) is 23.8. The van der Waals surface area contributed by atoms with Gasteiger partial charge < -0.3 is 31.0 Å². The van der Waals surface area contributed by atoms with Gasteiger partial charge in [-0.15, -0.1) is 0 Å². The van der Waals surface area contributed by atoms with Gasteiger partial charge >= 0.3 is 12.6 Å². The molecule has 0 bridgehead atoms. The number of nitrogens with zero attached hydrogens (tertiary/aromatic N) is 4. The second-order valence-corrected chi connectivity index (χ2v) is 7.75. The van der Waals surface area contributed by atoms with Crippen LogP contribution in [0.1, 0.15) is 33.4 Å². The Hall–Kier alpha value is -2.98. The fraction of sp³-hybridized carbons (Fsp3) is 0.556. The summed E-state index contributed by atoms with van der Waals surface area (Å²) in [6, 6.07) is 1.52. The van der Waals surface area contributed by atoms with Gasteiger partial charge in [0.05, 0.1) is 11.7 Å². The van der Waals surface area contributed by atoms with Crippen molar-refractivity contribution in [3.63, 3.8) is 0 Å². The highest BCUT2D eigenvalue weighted by Gasteiger charge is 2.35. The van der Waals surface area contributed by atoms with Gasteiger partial charge in [0.2, 0.25) is 5.95 Å². The van der Waals surface area contributed by atoms with Crippen LogP contribution in [0, 0.1) is 5.41 Å². The van der Waals surface area contributed by atoms with Crippen molar-refractivity contribution < 1.29 is 18.3 Å². The van der Waals surface area contributed by atoms with Gasteiger partial charge in [0.15, 0.2) is 0 Å². The lowest BCUT2D eigenvalue weighted by molar-refractivity contribution is 0.0196. The van der Waals surface area contributed by atoms with E-state index in [2.05, 4.69) is 9.97 Å². The maximum Gasteiger partial charge on any atom is 0.410 e. The average Bonchev–Trinajstić information content (AvgIpc) is 2.51. The summed E-state index contributed by atoms with van der Waals surface area (Å²) in [5.74, 6) is 0.455. The number of nitrogens with one attached hydrogen (secondary N) is 2. The molecular formula is C18H27F2N7O2. The molecular weight excluding hydrogens is 384 g/mol. The Kier molecular flexibility index (Phi) is 6.60. The topological polar surface area (TPSA) is 120 Å². The van der Waals surface area contributed by atoms with E-state index in [-0.39, 0.29) is 29.0 Å². The lowest BCUT2D eigenvalue weighted by Crippen LogP contribution is -2.60. The van der Waals surface area contributed by atoms with Crippen molar-refractivity contribution in [2.24, 2.45) is 0 Å². The molecule has 0 unspecified atom stereocenters. The smallest absolute Gasteiger partial charge is 0.410 e. The molecule has 2 heterocycles. The summed E-state index contributed by atoms with van der Waals surface area (Å²) in [5.41, 5.74) is 5.75. The largest absolute Gasteiger partial charge is 0.444 e. The highest BCUT2D eigenvalue weighted by Crippen LogP contribution is 2.26. The number of halogens is 2. The van der Waals surface area contributed by atoms with Crippen LogP contribution in [0.2, 0.25) is 0 Å². The molecule has 1 saturated heterocycles. The lowest BCUT2D eigenvalue weighted by Gasteiger charge is -2.44. The number of likely N-dealkylation sites (N-methyl/N-ethyl adjacent to an activating group) is 1. The van der Waals surface area contributed by atoms with E-state index >= 15 is 0 Å². The normalized spacial score (nSPS) is 15.5. The van der Waals surface area contributed by atoms with Crippen LogP contribution >= 0.6 is 0 Å². The van der Waals surface area contributed by atoms with Gasteiger partial charge in [-0.1, -0.05) is 0 Å². The Bertz CT molecular complexity index is 802. The van der Waals surface area contributed by atoms with E-state index < -0.39 is 18.2 Å². The van der Waals surface area contributed by atoms with Crippen molar-refractivity contribution in [2.45, 2.75) is 45.9 Å². The molecule has 4 N–H and O–H groups in total. The fourth-order valence-electron chi connectivity index (χ4n) is 2.74. The summed E-state index contributed by atoms with van der Waals surface area (Å²) in [6.07, 6.45) is 0.526. The van der Waals surface area contributed by atoms with Crippen molar-refractivity contribution >= 4 is 29.6 Å². The van der Waals surface area contributed by atoms with Crippen molar-refractivity contribution in [3.8, 4) is 0 Å². The SMILES string of the molecule is C/C(NC(F)F)=C(/C=N)c1cc(N2CC(N(C)C(=O)OC(C)(C)C)C2)nc(N)n1. The molecule has 0 atom stereocenters. The highest BCUT2D eigenvalue weighted by molar-refractivity contribution is 6.08. The molecule has 160 valence electrons. The number of amides is 1. The molecule has 1 amide bonds. The van der Waals surface area contributed by atoms with E-state index in [1.165, 1.54) is 11.8 Å². The van der Waals surface area contributed by atoms with E-state index in [1.54, 1.807) is 33.9 Å². The van der Waals surface area contributed by atoms with Crippen molar-refractivity contribution in [3.05, 3.63) is 17.5 Å². The molecule has 1 aliphatic rings. The second kappa shape index (κ2) is 8.58. The van der Waals surface area contributed by atoms with Crippen LogP contribution in [-0.2, 0) is 4.74 Å². The monoisotopic (exact) mass is 411 g/mol. The first-order chi connectivity index (χ1) is 13.4.